The first-order chi connectivity index (χ1) is 14.1. The summed E-state index contributed by atoms with van der Waals surface area (Å²) in [5.41, 5.74) is 3.11. The van der Waals surface area contributed by atoms with Gasteiger partial charge in [-0.1, -0.05) is 48.5 Å². The van der Waals surface area contributed by atoms with Gasteiger partial charge in [0.25, 0.3) is 0 Å². The summed E-state index contributed by atoms with van der Waals surface area (Å²) in [6.45, 7) is 2.68. The molecule has 6 heteroatoms. The van der Waals surface area contributed by atoms with Crippen molar-refractivity contribution in [2.45, 2.75) is 37.6 Å². The van der Waals surface area contributed by atoms with Crippen molar-refractivity contribution in [1.82, 2.24) is 4.90 Å². The number of likely N-dealkylation sites (N-methyl/N-ethyl adjacent to an activating group) is 1. The maximum atomic E-state index is 13.2. The van der Waals surface area contributed by atoms with Crippen LogP contribution in [0.2, 0.25) is 0 Å². The highest BCUT2D eigenvalue weighted by molar-refractivity contribution is 6.01. The van der Waals surface area contributed by atoms with Crippen molar-refractivity contribution in [2.75, 3.05) is 32.0 Å². The summed E-state index contributed by atoms with van der Waals surface area (Å²) >= 11 is 0. The number of piperidine rings is 1. The van der Waals surface area contributed by atoms with Crippen LogP contribution in [-0.4, -0.2) is 49.4 Å². The summed E-state index contributed by atoms with van der Waals surface area (Å²) in [6, 6.07) is 18.9. The summed E-state index contributed by atoms with van der Waals surface area (Å²) in [5.74, 6) is -0.311. The first-order valence-electron chi connectivity index (χ1n) is 10.7. The van der Waals surface area contributed by atoms with Gasteiger partial charge in [0.05, 0.1) is 25.6 Å². The van der Waals surface area contributed by atoms with E-state index in [-0.39, 0.29) is 36.6 Å². The Morgan fingerprint density at radius 1 is 1.07 bits per heavy atom. The van der Waals surface area contributed by atoms with Crippen molar-refractivity contribution in [2.24, 2.45) is 0 Å². The number of benzene rings is 2. The minimum Gasteiger partial charge on any atom is -1.00 e. The second-order valence-electron chi connectivity index (χ2n) is 8.32. The number of carbonyl (C=O) groups excluding carboxylic acids is 2. The van der Waals surface area contributed by atoms with Crippen LogP contribution in [-0.2, 0) is 16.0 Å². The van der Waals surface area contributed by atoms with Crippen LogP contribution < -0.4 is 22.6 Å². The molecule has 0 saturated carbocycles. The lowest BCUT2D eigenvalue weighted by Crippen LogP contribution is -3.13. The van der Waals surface area contributed by atoms with Crippen LogP contribution in [0.5, 0.6) is 0 Å². The fourth-order valence-electron chi connectivity index (χ4n) is 4.63. The summed E-state index contributed by atoms with van der Waals surface area (Å²) in [6.07, 6.45) is 3.37. The molecule has 2 aliphatic heterocycles. The standard InChI is InChI=1S/C24H29N3O2.ClH/c1-26(14-11-18-7-3-2-4-8-18)19-12-15-27(16-13-19)24(29)21-17-23(28)25-22-10-6-5-9-20(21)22;/h2-10,19,21H,11-17H2,1H3,(H,25,28);1H. The van der Waals surface area contributed by atoms with E-state index < -0.39 is 0 Å². The van der Waals surface area contributed by atoms with Crippen molar-refractivity contribution < 1.29 is 26.9 Å². The first kappa shape index (κ1) is 22.3. The number of quaternary nitrogens is 1. The van der Waals surface area contributed by atoms with Crippen LogP contribution in [0.25, 0.3) is 0 Å². The van der Waals surface area contributed by atoms with Crippen molar-refractivity contribution in [3.63, 3.8) is 0 Å². The van der Waals surface area contributed by atoms with Crippen LogP contribution in [0.1, 0.15) is 36.3 Å². The lowest BCUT2D eigenvalue weighted by Gasteiger charge is -2.37. The number of fused-ring (bicyclic) bond motifs is 1. The molecule has 2 aromatic rings. The Morgan fingerprint density at radius 3 is 2.47 bits per heavy atom. The number of likely N-dealkylation sites (tertiary alicyclic amines) is 1. The average molecular weight is 428 g/mol. The summed E-state index contributed by atoms with van der Waals surface area (Å²) in [5, 5.41) is 2.88. The molecule has 0 bridgehead atoms. The van der Waals surface area contributed by atoms with Crippen molar-refractivity contribution in [3.8, 4) is 0 Å². The van der Waals surface area contributed by atoms with E-state index in [1.54, 1.807) is 4.90 Å². The molecule has 0 spiro atoms. The van der Waals surface area contributed by atoms with Gasteiger partial charge in [0, 0.05) is 44.5 Å². The molecule has 1 fully saturated rings. The van der Waals surface area contributed by atoms with Crippen LogP contribution in [0.3, 0.4) is 0 Å². The second kappa shape index (κ2) is 10.1. The van der Waals surface area contributed by atoms with Crippen molar-refractivity contribution in [1.29, 1.82) is 0 Å². The zero-order chi connectivity index (χ0) is 20.2. The Kier molecular flexibility index (Phi) is 7.51. The van der Waals surface area contributed by atoms with E-state index in [4.69, 9.17) is 0 Å². The molecule has 160 valence electrons. The quantitative estimate of drug-likeness (QED) is 0.634. The highest BCUT2D eigenvalue weighted by atomic mass is 35.5. The van der Waals surface area contributed by atoms with Gasteiger partial charge in [0.1, 0.15) is 0 Å². The molecule has 2 heterocycles. The minimum atomic E-state index is -0.348. The van der Waals surface area contributed by atoms with Crippen LogP contribution in [0.4, 0.5) is 5.69 Å². The van der Waals surface area contributed by atoms with Gasteiger partial charge in [0.2, 0.25) is 11.8 Å². The molecule has 2 N–H and O–H groups in total. The van der Waals surface area contributed by atoms with Crippen molar-refractivity contribution >= 4 is 17.5 Å². The van der Waals surface area contributed by atoms with E-state index in [2.05, 4.69) is 42.7 Å². The van der Waals surface area contributed by atoms with Gasteiger partial charge in [-0.2, -0.15) is 0 Å². The molecule has 0 radical (unpaired) electrons. The number of nitrogens with zero attached hydrogens (tertiary/aromatic N) is 1. The molecule has 0 aliphatic carbocycles. The van der Waals surface area contributed by atoms with E-state index in [0.29, 0.717) is 6.04 Å². The highest BCUT2D eigenvalue weighted by Crippen LogP contribution is 2.33. The topological polar surface area (TPSA) is 53.9 Å². The molecule has 2 amide bonds. The van der Waals surface area contributed by atoms with E-state index in [0.717, 1.165) is 50.1 Å². The van der Waals surface area contributed by atoms with Gasteiger partial charge in [0.15, 0.2) is 0 Å². The van der Waals surface area contributed by atoms with Crippen LogP contribution >= 0.6 is 0 Å². The molecule has 4 rings (SSSR count). The molecular formula is C24H30ClN3O2. The molecular weight excluding hydrogens is 398 g/mol. The Bertz CT molecular complexity index is 866. The number of amides is 2. The molecule has 2 atom stereocenters. The summed E-state index contributed by atoms with van der Waals surface area (Å²) < 4.78 is 0. The Labute approximate surface area is 184 Å². The third kappa shape index (κ3) is 5.02. The number of carbonyl (C=O) groups is 2. The van der Waals surface area contributed by atoms with Gasteiger partial charge in [-0.25, -0.2) is 0 Å². The third-order valence-electron chi connectivity index (χ3n) is 6.45. The minimum absolute atomic E-state index is 0. The molecule has 2 unspecified atom stereocenters. The van der Waals surface area contributed by atoms with Crippen molar-refractivity contribution in [3.05, 3.63) is 65.7 Å². The van der Waals surface area contributed by atoms with Crippen LogP contribution in [0, 0.1) is 0 Å². The molecule has 30 heavy (non-hydrogen) atoms. The lowest BCUT2D eigenvalue weighted by atomic mass is 9.88. The number of anilines is 1. The zero-order valence-electron chi connectivity index (χ0n) is 17.4. The Hall–Kier alpha value is -2.37. The van der Waals surface area contributed by atoms with Gasteiger partial charge in [-0.3, -0.25) is 9.59 Å². The SMILES string of the molecule is C[NH+](CCc1ccccc1)C1CCN(C(=O)C2CC(=O)Nc3ccccc32)CC1.[Cl-]. The average Bonchev–Trinajstić information content (AvgIpc) is 2.77. The number of hydrogen-bond donors (Lipinski definition) is 2. The lowest BCUT2D eigenvalue weighted by molar-refractivity contribution is -0.907. The van der Waals surface area contributed by atoms with E-state index in [1.807, 2.05) is 29.2 Å². The van der Waals surface area contributed by atoms with E-state index in [1.165, 1.54) is 5.56 Å². The molecule has 5 nitrogen and oxygen atoms in total. The van der Waals surface area contributed by atoms with Crippen LogP contribution in [0.15, 0.2) is 54.6 Å². The Balaban J connectivity index is 0.00000256. The Morgan fingerprint density at radius 2 is 1.73 bits per heavy atom. The fraction of sp³-hybridized carbons (Fsp3) is 0.417. The monoisotopic (exact) mass is 427 g/mol. The number of para-hydroxylation sites is 1. The number of nitrogens with one attached hydrogen (secondary N) is 2. The fourth-order valence-corrected chi connectivity index (χ4v) is 4.63. The summed E-state index contributed by atoms with van der Waals surface area (Å²) in [7, 11) is 2.27. The molecule has 2 aromatic carbocycles. The second-order valence-corrected chi connectivity index (χ2v) is 8.32. The number of halogens is 1. The number of rotatable bonds is 5. The molecule has 0 aromatic heterocycles. The maximum absolute atomic E-state index is 13.2. The maximum Gasteiger partial charge on any atom is 0.230 e. The van der Waals surface area contributed by atoms with Gasteiger partial charge in [-0.05, 0) is 17.2 Å². The van der Waals surface area contributed by atoms with Gasteiger partial charge >= 0.3 is 0 Å². The largest absolute Gasteiger partial charge is 1.00 e. The predicted molar refractivity (Wildman–Crippen MR) is 114 cm³/mol. The predicted octanol–water partition coefficient (Wildman–Crippen LogP) is -1.14. The van der Waals surface area contributed by atoms with Gasteiger partial charge in [-0.15, -0.1) is 0 Å². The van der Waals surface area contributed by atoms with E-state index >= 15 is 0 Å². The number of hydrogen-bond acceptors (Lipinski definition) is 2. The smallest absolute Gasteiger partial charge is 0.230 e. The first-order valence-corrected chi connectivity index (χ1v) is 10.7. The third-order valence-corrected chi connectivity index (χ3v) is 6.45. The van der Waals surface area contributed by atoms with E-state index in [9.17, 15) is 9.59 Å². The normalized spacial score (nSPS) is 20.0. The molecule has 1 saturated heterocycles. The molecule has 2 aliphatic rings. The summed E-state index contributed by atoms with van der Waals surface area (Å²) in [4.78, 5) is 28.8. The highest BCUT2D eigenvalue weighted by Gasteiger charge is 2.35. The zero-order valence-corrected chi connectivity index (χ0v) is 18.2. The van der Waals surface area contributed by atoms with Gasteiger partial charge < -0.3 is 27.5 Å².